The Morgan fingerprint density at radius 3 is 2.77 bits per heavy atom. The molecule has 0 aromatic carbocycles. The third-order valence-electron chi connectivity index (χ3n) is 2.94. The fraction of sp³-hybridized carbons (Fsp3) is 0.333. The van der Waals surface area contributed by atoms with Crippen molar-refractivity contribution in [1.82, 2.24) is 9.97 Å². The molecule has 0 saturated heterocycles. The van der Waals surface area contributed by atoms with Crippen molar-refractivity contribution < 1.29 is 14.3 Å². The van der Waals surface area contributed by atoms with Crippen molar-refractivity contribution in [1.29, 1.82) is 0 Å². The number of aromatic amines is 1. The molecule has 22 heavy (non-hydrogen) atoms. The molecule has 116 valence electrons. The smallest absolute Gasteiger partial charge is 0.343 e. The van der Waals surface area contributed by atoms with E-state index in [9.17, 15) is 14.4 Å². The number of rotatable bonds is 5. The Morgan fingerprint density at radius 1 is 1.32 bits per heavy atom. The molecule has 0 bridgehead atoms. The molecular formula is C15H17N3O4. The van der Waals surface area contributed by atoms with Crippen LogP contribution in [0.5, 0.6) is 0 Å². The highest BCUT2D eigenvalue weighted by molar-refractivity contribution is 5.94. The number of H-pyrrole nitrogens is 1. The van der Waals surface area contributed by atoms with Crippen molar-refractivity contribution >= 4 is 28.7 Å². The number of esters is 1. The van der Waals surface area contributed by atoms with Crippen LogP contribution in [0.15, 0.2) is 23.0 Å². The number of pyridine rings is 2. The van der Waals surface area contributed by atoms with E-state index in [2.05, 4.69) is 15.3 Å². The lowest BCUT2D eigenvalue weighted by atomic mass is 10.2. The van der Waals surface area contributed by atoms with Crippen LogP contribution in [0.25, 0.3) is 11.0 Å². The minimum absolute atomic E-state index is 0.0704. The van der Waals surface area contributed by atoms with Gasteiger partial charge in [0.2, 0.25) is 5.91 Å². The standard InChI is InChI=1S/C15H17N3O4/c1-3-5-12(19)16-11-7-6-9-8-10(15(21)22-4-2)14(20)18-13(9)17-11/h6-8H,3-5H2,1-2H3,(H2,16,17,18,19,20). The highest BCUT2D eigenvalue weighted by atomic mass is 16.5. The summed E-state index contributed by atoms with van der Waals surface area (Å²) in [6, 6.07) is 4.71. The Labute approximate surface area is 126 Å². The van der Waals surface area contributed by atoms with Gasteiger partial charge in [0.05, 0.1) is 6.61 Å². The van der Waals surface area contributed by atoms with Crippen molar-refractivity contribution in [3.05, 3.63) is 34.1 Å². The fourth-order valence-electron chi connectivity index (χ4n) is 1.94. The molecule has 0 unspecified atom stereocenters. The number of carbonyl (C=O) groups is 2. The fourth-order valence-corrected chi connectivity index (χ4v) is 1.94. The number of hydrogen-bond donors (Lipinski definition) is 2. The van der Waals surface area contributed by atoms with Crippen LogP contribution < -0.4 is 10.9 Å². The number of anilines is 1. The number of ether oxygens (including phenoxy) is 1. The summed E-state index contributed by atoms with van der Waals surface area (Å²) < 4.78 is 4.82. The number of hydrogen-bond acceptors (Lipinski definition) is 5. The summed E-state index contributed by atoms with van der Waals surface area (Å²) in [5.74, 6) is -0.462. The summed E-state index contributed by atoms with van der Waals surface area (Å²) in [4.78, 5) is 41.8. The first-order valence-corrected chi connectivity index (χ1v) is 7.06. The summed E-state index contributed by atoms with van der Waals surface area (Å²) >= 11 is 0. The van der Waals surface area contributed by atoms with Gasteiger partial charge in [-0.1, -0.05) is 6.92 Å². The Bertz CT molecular complexity index is 767. The van der Waals surface area contributed by atoms with Gasteiger partial charge in [-0.05, 0) is 31.5 Å². The van der Waals surface area contributed by atoms with Crippen molar-refractivity contribution in [3.63, 3.8) is 0 Å². The molecule has 0 aliphatic rings. The maximum absolute atomic E-state index is 11.9. The third kappa shape index (κ3) is 3.49. The minimum Gasteiger partial charge on any atom is -0.462 e. The Morgan fingerprint density at radius 2 is 2.09 bits per heavy atom. The predicted octanol–water partition coefficient (Wildman–Crippen LogP) is 1.84. The van der Waals surface area contributed by atoms with Gasteiger partial charge < -0.3 is 15.0 Å². The molecule has 1 amide bonds. The third-order valence-corrected chi connectivity index (χ3v) is 2.94. The Balaban J connectivity index is 2.35. The van der Waals surface area contributed by atoms with Crippen molar-refractivity contribution in [2.24, 2.45) is 0 Å². The molecule has 2 rings (SSSR count). The number of aromatic nitrogens is 2. The summed E-state index contributed by atoms with van der Waals surface area (Å²) in [5, 5.41) is 3.23. The van der Waals surface area contributed by atoms with Crippen molar-refractivity contribution in [3.8, 4) is 0 Å². The van der Waals surface area contributed by atoms with Crippen LogP contribution in [-0.4, -0.2) is 28.5 Å². The van der Waals surface area contributed by atoms with E-state index < -0.39 is 11.5 Å². The van der Waals surface area contributed by atoms with E-state index in [0.29, 0.717) is 23.3 Å². The number of nitrogens with zero attached hydrogens (tertiary/aromatic N) is 1. The maximum Gasteiger partial charge on any atom is 0.343 e. The molecule has 2 aromatic rings. The zero-order chi connectivity index (χ0) is 16.1. The zero-order valence-corrected chi connectivity index (χ0v) is 12.4. The lowest BCUT2D eigenvalue weighted by Gasteiger charge is -2.06. The molecule has 7 nitrogen and oxygen atoms in total. The highest BCUT2D eigenvalue weighted by Gasteiger charge is 2.13. The Hall–Kier alpha value is -2.70. The monoisotopic (exact) mass is 303 g/mol. The molecule has 0 aliphatic heterocycles. The van der Waals surface area contributed by atoms with E-state index in [4.69, 9.17) is 4.74 Å². The quantitative estimate of drug-likeness (QED) is 0.821. The molecule has 0 spiro atoms. The van der Waals surface area contributed by atoms with Gasteiger partial charge in [0.25, 0.3) is 5.56 Å². The summed E-state index contributed by atoms with van der Waals surface area (Å²) in [7, 11) is 0. The normalized spacial score (nSPS) is 10.5. The van der Waals surface area contributed by atoms with E-state index in [1.165, 1.54) is 6.07 Å². The molecule has 2 aromatic heterocycles. The van der Waals surface area contributed by atoms with E-state index in [0.717, 1.165) is 6.42 Å². The van der Waals surface area contributed by atoms with Crippen LogP contribution in [0.2, 0.25) is 0 Å². The van der Waals surface area contributed by atoms with E-state index in [1.54, 1.807) is 19.1 Å². The molecule has 0 atom stereocenters. The largest absolute Gasteiger partial charge is 0.462 e. The van der Waals surface area contributed by atoms with Gasteiger partial charge in [0, 0.05) is 11.8 Å². The van der Waals surface area contributed by atoms with Gasteiger partial charge in [-0.2, -0.15) is 0 Å². The molecule has 0 saturated carbocycles. The van der Waals surface area contributed by atoms with E-state index in [1.807, 2.05) is 6.92 Å². The molecule has 2 N–H and O–H groups in total. The number of amides is 1. The summed E-state index contributed by atoms with van der Waals surface area (Å²) in [6.07, 6.45) is 1.14. The van der Waals surface area contributed by atoms with Gasteiger partial charge in [0.15, 0.2) is 0 Å². The Kier molecular flexibility index (Phi) is 4.88. The van der Waals surface area contributed by atoms with Crippen LogP contribution in [0.1, 0.15) is 37.0 Å². The van der Waals surface area contributed by atoms with Crippen LogP contribution in [0.3, 0.4) is 0 Å². The van der Waals surface area contributed by atoms with Gasteiger partial charge in [-0.3, -0.25) is 9.59 Å². The van der Waals surface area contributed by atoms with E-state index >= 15 is 0 Å². The van der Waals surface area contributed by atoms with Crippen LogP contribution in [-0.2, 0) is 9.53 Å². The summed E-state index contributed by atoms with van der Waals surface area (Å²) in [6.45, 7) is 3.76. The van der Waals surface area contributed by atoms with Crippen LogP contribution in [0.4, 0.5) is 5.82 Å². The van der Waals surface area contributed by atoms with Crippen LogP contribution in [0, 0.1) is 0 Å². The first-order chi connectivity index (χ1) is 10.5. The first-order valence-electron chi connectivity index (χ1n) is 7.06. The van der Waals surface area contributed by atoms with Crippen LogP contribution >= 0.6 is 0 Å². The van der Waals surface area contributed by atoms with Gasteiger partial charge >= 0.3 is 5.97 Å². The topological polar surface area (TPSA) is 101 Å². The second-order valence-corrected chi connectivity index (χ2v) is 4.67. The zero-order valence-electron chi connectivity index (χ0n) is 12.4. The SMILES string of the molecule is CCCC(=O)Nc1ccc2cc(C(=O)OCC)c(=O)[nH]c2n1. The molecule has 0 radical (unpaired) electrons. The molecule has 0 fully saturated rings. The highest BCUT2D eigenvalue weighted by Crippen LogP contribution is 2.13. The lowest BCUT2D eigenvalue weighted by molar-refractivity contribution is -0.116. The van der Waals surface area contributed by atoms with Gasteiger partial charge in [-0.25, -0.2) is 9.78 Å². The molecule has 2 heterocycles. The van der Waals surface area contributed by atoms with Gasteiger partial charge in [-0.15, -0.1) is 0 Å². The average molecular weight is 303 g/mol. The maximum atomic E-state index is 11.9. The lowest BCUT2D eigenvalue weighted by Crippen LogP contribution is -2.20. The van der Waals surface area contributed by atoms with Crippen molar-refractivity contribution in [2.45, 2.75) is 26.7 Å². The number of nitrogens with one attached hydrogen (secondary N) is 2. The second kappa shape index (κ2) is 6.84. The molecular weight excluding hydrogens is 286 g/mol. The van der Waals surface area contributed by atoms with Crippen molar-refractivity contribution in [2.75, 3.05) is 11.9 Å². The van der Waals surface area contributed by atoms with E-state index in [-0.39, 0.29) is 18.1 Å². The summed E-state index contributed by atoms with van der Waals surface area (Å²) in [5.41, 5.74) is -0.346. The van der Waals surface area contributed by atoms with Gasteiger partial charge in [0.1, 0.15) is 17.0 Å². The average Bonchev–Trinajstić information content (AvgIpc) is 2.46. The second-order valence-electron chi connectivity index (χ2n) is 4.67. The molecule has 0 aliphatic carbocycles. The predicted molar refractivity (Wildman–Crippen MR) is 81.9 cm³/mol. The number of carbonyl (C=O) groups excluding carboxylic acids is 2. The minimum atomic E-state index is -0.675. The number of fused-ring (bicyclic) bond motifs is 1. The molecule has 7 heteroatoms. The first kappa shape index (κ1) is 15.7.